The largest absolute Gasteiger partial charge is 0.484 e. The minimum Gasteiger partial charge on any atom is -0.484 e. The van der Waals surface area contributed by atoms with Crippen molar-refractivity contribution in [2.75, 3.05) is 17.2 Å². The molecule has 5 heteroatoms. The number of anilines is 2. The van der Waals surface area contributed by atoms with E-state index in [1.54, 1.807) is 24.3 Å². The maximum Gasteiger partial charge on any atom is 0.262 e. The molecule has 2 N–H and O–H groups in total. The summed E-state index contributed by atoms with van der Waals surface area (Å²) in [5.41, 5.74) is 6.38. The molecule has 0 saturated heterocycles. The van der Waals surface area contributed by atoms with Gasteiger partial charge in [-0.2, -0.15) is 0 Å². The smallest absolute Gasteiger partial charge is 0.262 e. The molecule has 5 nitrogen and oxygen atoms in total. The second-order valence-corrected chi connectivity index (χ2v) is 7.45. The van der Waals surface area contributed by atoms with E-state index in [1.165, 1.54) is 0 Å². The lowest BCUT2D eigenvalue weighted by Crippen LogP contribution is -2.20. The highest BCUT2D eigenvalue weighted by Crippen LogP contribution is 2.19. The van der Waals surface area contributed by atoms with Gasteiger partial charge in [0.05, 0.1) is 0 Å². The Kier molecular flexibility index (Phi) is 6.52. The summed E-state index contributed by atoms with van der Waals surface area (Å²) in [6, 6.07) is 18.4. The van der Waals surface area contributed by atoms with Crippen LogP contribution < -0.4 is 15.4 Å². The number of amides is 2. The molecule has 0 saturated carbocycles. The van der Waals surface area contributed by atoms with Crippen molar-refractivity contribution in [3.63, 3.8) is 0 Å². The average Bonchev–Trinajstić information content (AvgIpc) is 2.71. The lowest BCUT2D eigenvalue weighted by atomic mass is 10.1. The Balaban J connectivity index is 1.55. The summed E-state index contributed by atoms with van der Waals surface area (Å²) in [6.07, 6.45) is 0. The summed E-state index contributed by atoms with van der Waals surface area (Å²) in [7, 11) is 0. The molecular formula is C25H26N2O3. The van der Waals surface area contributed by atoms with Crippen molar-refractivity contribution in [3.8, 4) is 5.75 Å². The Bertz CT molecular complexity index is 1070. The van der Waals surface area contributed by atoms with Crippen LogP contribution in [0.5, 0.6) is 5.75 Å². The zero-order valence-corrected chi connectivity index (χ0v) is 17.7. The number of aryl methyl sites for hydroxylation is 4. The van der Waals surface area contributed by atoms with Crippen LogP contribution in [-0.2, 0) is 4.79 Å². The van der Waals surface area contributed by atoms with Crippen molar-refractivity contribution >= 4 is 23.2 Å². The lowest BCUT2D eigenvalue weighted by molar-refractivity contribution is -0.118. The van der Waals surface area contributed by atoms with Gasteiger partial charge in [-0.1, -0.05) is 35.4 Å². The molecule has 0 unspecified atom stereocenters. The predicted octanol–water partition coefficient (Wildman–Crippen LogP) is 5.19. The normalized spacial score (nSPS) is 10.4. The van der Waals surface area contributed by atoms with Crippen LogP contribution in [0.25, 0.3) is 0 Å². The van der Waals surface area contributed by atoms with Gasteiger partial charge in [0, 0.05) is 16.9 Å². The standard InChI is InChI=1S/C25H26N2O3/c1-16-5-11-22(18(3)13-16)26-24(28)15-30-21-9-7-20(8-10-21)25(29)27-23-12-6-17(2)14-19(23)4/h5-14H,15H2,1-4H3,(H,26,28)(H,27,29). The Hall–Kier alpha value is -3.60. The number of carbonyl (C=O) groups is 2. The van der Waals surface area contributed by atoms with Gasteiger partial charge < -0.3 is 15.4 Å². The minimum absolute atomic E-state index is 0.110. The first-order valence-corrected chi connectivity index (χ1v) is 9.80. The fraction of sp³-hybridized carbons (Fsp3) is 0.200. The Morgan fingerprint density at radius 1 is 0.733 bits per heavy atom. The molecule has 2 amide bonds. The summed E-state index contributed by atoms with van der Waals surface area (Å²) in [5, 5.41) is 5.76. The molecule has 0 aliphatic carbocycles. The van der Waals surface area contributed by atoms with E-state index in [9.17, 15) is 9.59 Å². The second-order valence-electron chi connectivity index (χ2n) is 7.45. The Morgan fingerprint density at radius 2 is 1.27 bits per heavy atom. The first kappa shape index (κ1) is 21.1. The van der Waals surface area contributed by atoms with Crippen LogP contribution >= 0.6 is 0 Å². The van der Waals surface area contributed by atoms with E-state index in [0.717, 1.165) is 33.6 Å². The van der Waals surface area contributed by atoms with Gasteiger partial charge in [0.25, 0.3) is 11.8 Å². The van der Waals surface area contributed by atoms with Gasteiger partial charge in [-0.3, -0.25) is 9.59 Å². The van der Waals surface area contributed by atoms with Crippen LogP contribution in [0, 0.1) is 27.7 Å². The Morgan fingerprint density at radius 3 is 1.80 bits per heavy atom. The van der Waals surface area contributed by atoms with E-state index < -0.39 is 0 Å². The molecule has 3 aromatic carbocycles. The van der Waals surface area contributed by atoms with Gasteiger partial charge in [-0.15, -0.1) is 0 Å². The van der Waals surface area contributed by atoms with E-state index in [1.807, 2.05) is 64.1 Å². The molecule has 0 aliphatic rings. The topological polar surface area (TPSA) is 67.4 Å². The highest BCUT2D eigenvalue weighted by molar-refractivity contribution is 6.04. The van der Waals surface area contributed by atoms with Crippen molar-refractivity contribution in [3.05, 3.63) is 88.5 Å². The van der Waals surface area contributed by atoms with Crippen molar-refractivity contribution in [2.45, 2.75) is 27.7 Å². The SMILES string of the molecule is Cc1ccc(NC(=O)COc2ccc(C(=O)Nc3ccc(C)cc3C)cc2)c(C)c1. The quantitative estimate of drug-likeness (QED) is 0.596. The molecule has 0 fully saturated rings. The van der Waals surface area contributed by atoms with Crippen LogP contribution in [0.1, 0.15) is 32.6 Å². The van der Waals surface area contributed by atoms with Crippen LogP contribution in [0.3, 0.4) is 0 Å². The molecule has 3 aromatic rings. The molecule has 154 valence electrons. The monoisotopic (exact) mass is 402 g/mol. The van der Waals surface area contributed by atoms with Crippen LogP contribution in [0.15, 0.2) is 60.7 Å². The summed E-state index contributed by atoms with van der Waals surface area (Å²) in [5.74, 6) is 0.0913. The fourth-order valence-electron chi connectivity index (χ4n) is 3.14. The van der Waals surface area contributed by atoms with Gasteiger partial charge in [-0.05, 0) is 75.2 Å². The number of hydrogen-bond donors (Lipinski definition) is 2. The summed E-state index contributed by atoms with van der Waals surface area (Å²) in [6.45, 7) is 7.82. The number of carbonyl (C=O) groups excluding carboxylic acids is 2. The third-order valence-electron chi connectivity index (χ3n) is 4.77. The number of benzene rings is 3. The molecule has 0 aliphatic heterocycles. The molecule has 0 radical (unpaired) electrons. The number of ether oxygens (including phenoxy) is 1. The summed E-state index contributed by atoms with van der Waals surface area (Å²) < 4.78 is 5.55. The molecule has 3 rings (SSSR count). The highest BCUT2D eigenvalue weighted by atomic mass is 16.5. The minimum atomic E-state index is -0.237. The third kappa shape index (κ3) is 5.47. The fourth-order valence-corrected chi connectivity index (χ4v) is 3.14. The van der Waals surface area contributed by atoms with Crippen LogP contribution in [0.4, 0.5) is 11.4 Å². The van der Waals surface area contributed by atoms with E-state index in [0.29, 0.717) is 11.3 Å². The van der Waals surface area contributed by atoms with Crippen molar-refractivity contribution in [1.29, 1.82) is 0 Å². The average molecular weight is 402 g/mol. The highest BCUT2D eigenvalue weighted by Gasteiger charge is 2.10. The molecule has 30 heavy (non-hydrogen) atoms. The lowest BCUT2D eigenvalue weighted by Gasteiger charge is -2.11. The van der Waals surface area contributed by atoms with Gasteiger partial charge in [0.15, 0.2) is 6.61 Å². The molecule has 0 heterocycles. The molecule has 0 atom stereocenters. The molecular weight excluding hydrogens is 376 g/mol. The van der Waals surface area contributed by atoms with E-state index in [4.69, 9.17) is 4.74 Å². The Labute approximate surface area is 177 Å². The summed E-state index contributed by atoms with van der Waals surface area (Å²) >= 11 is 0. The number of rotatable bonds is 6. The van der Waals surface area contributed by atoms with Crippen molar-refractivity contribution in [1.82, 2.24) is 0 Å². The summed E-state index contributed by atoms with van der Waals surface area (Å²) in [4.78, 5) is 24.6. The molecule has 0 spiro atoms. The van der Waals surface area contributed by atoms with Gasteiger partial charge >= 0.3 is 0 Å². The van der Waals surface area contributed by atoms with E-state index in [2.05, 4.69) is 10.6 Å². The number of hydrogen-bond acceptors (Lipinski definition) is 3. The van der Waals surface area contributed by atoms with E-state index in [-0.39, 0.29) is 18.4 Å². The second kappa shape index (κ2) is 9.27. The predicted molar refractivity (Wildman–Crippen MR) is 120 cm³/mol. The van der Waals surface area contributed by atoms with Crippen LogP contribution in [-0.4, -0.2) is 18.4 Å². The first-order chi connectivity index (χ1) is 14.3. The molecule has 0 bridgehead atoms. The maximum absolute atomic E-state index is 12.5. The maximum atomic E-state index is 12.5. The van der Waals surface area contributed by atoms with Crippen LogP contribution in [0.2, 0.25) is 0 Å². The number of nitrogens with one attached hydrogen (secondary N) is 2. The van der Waals surface area contributed by atoms with E-state index >= 15 is 0 Å². The zero-order chi connectivity index (χ0) is 21.7. The van der Waals surface area contributed by atoms with Crippen molar-refractivity contribution in [2.24, 2.45) is 0 Å². The molecule has 0 aromatic heterocycles. The van der Waals surface area contributed by atoms with Gasteiger partial charge in [0.2, 0.25) is 0 Å². The first-order valence-electron chi connectivity index (χ1n) is 9.80. The zero-order valence-electron chi connectivity index (χ0n) is 17.7. The van der Waals surface area contributed by atoms with Gasteiger partial charge in [0.1, 0.15) is 5.75 Å². The third-order valence-corrected chi connectivity index (χ3v) is 4.77. The van der Waals surface area contributed by atoms with Gasteiger partial charge in [-0.25, -0.2) is 0 Å². The van der Waals surface area contributed by atoms with Crippen molar-refractivity contribution < 1.29 is 14.3 Å².